The third-order valence-corrected chi connectivity index (χ3v) is 4.03. The highest BCUT2D eigenvalue weighted by atomic mass is 19.4. The van der Waals surface area contributed by atoms with Crippen LogP contribution in [0.2, 0.25) is 0 Å². The zero-order valence-electron chi connectivity index (χ0n) is 15.8. The second kappa shape index (κ2) is 8.65. The van der Waals surface area contributed by atoms with Crippen molar-refractivity contribution < 1.29 is 27.6 Å². The first-order valence-corrected chi connectivity index (χ1v) is 8.58. The van der Waals surface area contributed by atoms with E-state index in [0.717, 1.165) is 18.5 Å². The number of aromatic nitrogens is 2. The van der Waals surface area contributed by atoms with E-state index in [4.69, 9.17) is 0 Å². The van der Waals surface area contributed by atoms with Gasteiger partial charge in [0.2, 0.25) is 11.6 Å². The molecule has 0 atom stereocenters. The van der Waals surface area contributed by atoms with Crippen LogP contribution in [0.15, 0.2) is 54.9 Å². The SMILES string of the molecule is COC(=O)c1ccc(Nc2ncnc(Nc3cccc(C(F)(F)F)c3)c2[N+](=O)[O-])cc1. The smallest absolute Gasteiger partial charge is 0.416 e. The first-order valence-electron chi connectivity index (χ1n) is 8.58. The number of esters is 1. The second-order valence-electron chi connectivity index (χ2n) is 6.07. The second-order valence-corrected chi connectivity index (χ2v) is 6.07. The maximum absolute atomic E-state index is 12.9. The normalized spacial score (nSPS) is 11.0. The molecule has 0 unspecified atom stereocenters. The number of halogens is 3. The molecular weight excluding hydrogens is 419 g/mol. The molecule has 2 N–H and O–H groups in total. The minimum Gasteiger partial charge on any atom is -0.465 e. The van der Waals surface area contributed by atoms with Crippen molar-refractivity contribution in [2.24, 2.45) is 0 Å². The zero-order valence-corrected chi connectivity index (χ0v) is 15.8. The van der Waals surface area contributed by atoms with Gasteiger partial charge in [-0.1, -0.05) is 6.07 Å². The molecule has 3 aromatic rings. The maximum Gasteiger partial charge on any atom is 0.416 e. The summed E-state index contributed by atoms with van der Waals surface area (Å²) < 4.78 is 43.4. The summed E-state index contributed by atoms with van der Waals surface area (Å²) in [5.41, 5.74) is -0.878. The van der Waals surface area contributed by atoms with Crippen molar-refractivity contribution in [1.29, 1.82) is 0 Å². The number of ether oxygens (including phenoxy) is 1. The van der Waals surface area contributed by atoms with E-state index in [1.165, 1.54) is 43.5 Å². The van der Waals surface area contributed by atoms with Crippen molar-refractivity contribution in [3.05, 3.63) is 76.1 Å². The minimum atomic E-state index is -4.57. The van der Waals surface area contributed by atoms with Crippen LogP contribution in [-0.4, -0.2) is 28.0 Å². The van der Waals surface area contributed by atoms with E-state index >= 15 is 0 Å². The van der Waals surface area contributed by atoms with Gasteiger partial charge in [-0.05, 0) is 42.5 Å². The molecule has 0 aliphatic heterocycles. The highest BCUT2D eigenvalue weighted by Crippen LogP contribution is 2.35. The Balaban J connectivity index is 1.91. The number of anilines is 4. The minimum absolute atomic E-state index is 0.0370. The van der Waals surface area contributed by atoms with Crippen molar-refractivity contribution in [2.75, 3.05) is 17.7 Å². The highest BCUT2D eigenvalue weighted by Gasteiger charge is 2.31. The summed E-state index contributed by atoms with van der Waals surface area (Å²) in [5, 5.41) is 16.9. The molecule has 0 aliphatic rings. The maximum atomic E-state index is 12.9. The molecule has 0 amide bonds. The summed E-state index contributed by atoms with van der Waals surface area (Å²) in [6.45, 7) is 0. The van der Waals surface area contributed by atoms with Gasteiger partial charge >= 0.3 is 17.8 Å². The topological polar surface area (TPSA) is 119 Å². The number of rotatable bonds is 6. The number of nitrogens with zero attached hydrogens (tertiary/aromatic N) is 3. The predicted molar refractivity (Wildman–Crippen MR) is 104 cm³/mol. The van der Waals surface area contributed by atoms with Gasteiger partial charge in [-0.25, -0.2) is 14.8 Å². The Hall–Kier alpha value is -4.22. The average Bonchev–Trinajstić information content (AvgIpc) is 2.73. The van der Waals surface area contributed by atoms with Gasteiger partial charge in [0, 0.05) is 11.4 Å². The molecule has 3 rings (SSSR count). The Morgan fingerprint density at radius 3 is 2.19 bits per heavy atom. The molecule has 1 aromatic heterocycles. The van der Waals surface area contributed by atoms with Crippen molar-refractivity contribution in [1.82, 2.24) is 9.97 Å². The Bertz CT molecular complexity index is 1120. The first-order chi connectivity index (χ1) is 14.7. The molecule has 12 heteroatoms. The summed E-state index contributed by atoms with van der Waals surface area (Å²) in [6, 6.07) is 10.0. The molecule has 160 valence electrons. The van der Waals surface area contributed by atoms with E-state index in [2.05, 4.69) is 25.3 Å². The Morgan fingerprint density at radius 1 is 1.03 bits per heavy atom. The van der Waals surface area contributed by atoms with Gasteiger partial charge in [-0.3, -0.25) is 10.1 Å². The predicted octanol–water partition coefficient (Wildman–Crippen LogP) is 4.68. The summed E-state index contributed by atoms with van der Waals surface area (Å²) in [7, 11) is 1.23. The molecule has 0 saturated carbocycles. The molecule has 9 nitrogen and oxygen atoms in total. The molecule has 0 bridgehead atoms. The molecule has 31 heavy (non-hydrogen) atoms. The van der Waals surface area contributed by atoms with Crippen LogP contribution < -0.4 is 10.6 Å². The fraction of sp³-hybridized carbons (Fsp3) is 0.105. The number of hydrogen-bond acceptors (Lipinski definition) is 8. The third kappa shape index (κ3) is 5.04. The van der Waals surface area contributed by atoms with E-state index in [-0.39, 0.29) is 22.9 Å². The quantitative estimate of drug-likeness (QED) is 0.327. The largest absolute Gasteiger partial charge is 0.465 e. The number of hydrogen-bond donors (Lipinski definition) is 2. The lowest BCUT2D eigenvalue weighted by molar-refractivity contribution is -0.383. The molecule has 0 aliphatic carbocycles. The van der Waals surface area contributed by atoms with Gasteiger partial charge < -0.3 is 15.4 Å². The van der Waals surface area contributed by atoms with Gasteiger partial charge in [-0.2, -0.15) is 13.2 Å². The fourth-order valence-electron chi connectivity index (χ4n) is 2.59. The summed E-state index contributed by atoms with van der Waals surface area (Å²) in [5.74, 6) is -1.04. The van der Waals surface area contributed by atoms with Crippen LogP contribution in [0.3, 0.4) is 0 Å². The monoisotopic (exact) mass is 433 g/mol. The Labute approximate surface area is 173 Å². The van der Waals surface area contributed by atoms with Crippen molar-refractivity contribution >= 4 is 34.7 Å². The van der Waals surface area contributed by atoms with Gasteiger partial charge in [-0.15, -0.1) is 0 Å². The van der Waals surface area contributed by atoms with Crippen LogP contribution >= 0.6 is 0 Å². The number of methoxy groups -OCH3 is 1. The lowest BCUT2D eigenvalue weighted by Gasteiger charge is -2.12. The third-order valence-electron chi connectivity index (χ3n) is 4.03. The van der Waals surface area contributed by atoms with Crippen LogP contribution in [0, 0.1) is 10.1 Å². The summed E-state index contributed by atoms with van der Waals surface area (Å²) in [6.07, 6.45) is -3.55. The van der Waals surface area contributed by atoms with E-state index in [1.54, 1.807) is 0 Å². The lowest BCUT2D eigenvalue weighted by Crippen LogP contribution is -2.07. The number of benzene rings is 2. The fourth-order valence-corrected chi connectivity index (χ4v) is 2.59. The van der Waals surface area contributed by atoms with Crippen LogP contribution in [0.4, 0.5) is 41.9 Å². The van der Waals surface area contributed by atoms with E-state index < -0.39 is 28.3 Å². The van der Waals surface area contributed by atoms with E-state index in [1.807, 2.05) is 0 Å². The van der Waals surface area contributed by atoms with Crippen LogP contribution in [0.5, 0.6) is 0 Å². The first kappa shape index (κ1) is 21.5. The number of carbonyl (C=O) groups is 1. The standard InChI is InChI=1S/C19H14F3N5O4/c1-31-18(28)11-5-7-13(8-6-11)25-16-15(27(29)30)17(24-10-23-16)26-14-4-2-3-12(9-14)19(20,21)22/h2-10H,1H3,(H2,23,24,25,26). The molecule has 1 heterocycles. The van der Waals surface area contributed by atoms with Crippen molar-refractivity contribution in [2.45, 2.75) is 6.18 Å². The molecule has 0 radical (unpaired) electrons. The lowest BCUT2D eigenvalue weighted by atomic mass is 10.2. The van der Waals surface area contributed by atoms with Crippen LogP contribution in [0.1, 0.15) is 15.9 Å². The molecule has 2 aromatic carbocycles. The van der Waals surface area contributed by atoms with E-state index in [9.17, 15) is 28.1 Å². The Morgan fingerprint density at radius 2 is 1.65 bits per heavy atom. The molecular formula is C19H14F3N5O4. The van der Waals surface area contributed by atoms with Gasteiger partial charge in [0.1, 0.15) is 6.33 Å². The average molecular weight is 433 g/mol. The molecule has 0 spiro atoms. The summed E-state index contributed by atoms with van der Waals surface area (Å²) >= 11 is 0. The Kier molecular flexibility index (Phi) is 6.00. The molecule has 0 fully saturated rings. The number of alkyl halides is 3. The zero-order chi connectivity index (χ0) is 22.6. The van der Waals surface area contributed by atoms with E-state index in [0.29, 0.717) is 5.69 Å². The number of nitro groups is 1. The van der Waals surface area contributed by atoms with Crippen molar-refractivity contribution in [3.8, 4) is 0 Å². The number of carbonyl (C=O) groups excluding carboxylic acids is 1. The van der Waals surface area contributed by atoms with Gasteiger partial charge in [0.25, 0.3) is 0 Å². The highest BCUT2D eigenvalue weighted by molar-refractivity contribution is 5.90. The van der Waals surface area contributed by atoms with Crippen molar-refractivity contribution in [3.63, 3.8) is 0 Å². The van der Waals surface area contributed by atoms with Crippen LogP contribution in [0.25, 0.3) is 0 Å². The summed E-state index contributed by atoms with van der Waals surface area (Å²) in [4.78, 5) is 30.0. The van der Waals surface area contributed by atoms with Crippen LogP contribution in [-0.2, 0) is 10.9 Å². The van der Waals surface area contributed by atoms with Gasteiger partial charge in [0.15, 0.2) is 0 Å². The molecule has 0 saturated heterocycles. The number of nitrogens with one attached hydrogen (secondary N) is 2. The van der Waals surface area contributed by atoms with Gasteiger partial charge in [0.05, 0.1) is 23.2 Å².